The molecule has 0 saturated carbocycles. The molecule has 24 heavy (non-hydrogen) atoms. The second-order valence-corrected chi connectivity index (χ2v) is 6.00. The van der Waals surface area contributed by atoms with Crippen LogP contribution >= 0.6 is 0 Å². The van der Waals surface area contributed by atoms with E-state index in [1.54, 1.807) is 0 Å². The first-order valence-corrected chi connectivity index (χ1v) is 8.58. The zero-order valence-electron chi connectivity index (χ0n) is 14.0. The summed E-state index contributed by atoms with van der Waals surface area (Å²) in [6.45, 7) is 3.87. The summed E-state index contributed by atoms with van der Waals surface area (Å²) in [7, 11) is 0. The van der Waals surface area contributed by atoms with Crippen molar-refractivity contribution in [3.8, 4) is 0 Å². The molecule has 0 amide bonds. The highest BCUT2D eigenvalue weighted by Gasteiger charge is 1.98. The van der Waals surface area contributed by atoms with Crippen molar-refractivity contribution in [3.05, 3.63) is 90.3 Å². The smallest absolute Gasteiger partial charge is 0.0470 e. The van der Waals surface area contributed by atoms with E-state index in [0.29, 0.717) is 0 Å². The van der Waals surface area contributed by atoms with Gasteiger partial charge in [-0.2, -0.15) is 0 Å². The van der Waals surface area contributed by atoms with Crippen LogP contribution in [0, 0.1) is 0 Å². The van der Waals surface area contributed by atoms with Gasteiger partial charge < -0.3 is 15.2 Å². The summed E-state index contributed by atoms with van der Waals surface area (Å²) in [5, 5.41) is 6.94. The van der Waals surface area contributed by atoms with E-state index in [9.17, 15) is 0 Å². The van der Waals surface area contributed by atoms with Crippen molar-refractivity contribution in [3.63, 3.8) is 0 Å². The van der Waals surface area contributed by atoms with E-state index in [-0.39, 0.29) is 0 Å². The van der Waals surface area contributed by atoms with Crippen LogP contribution in [0.1, 0.15) is 17.5 Å². The van der Waals surface area contributed by atoms with Gasteiger partial charge in [-0.05, 0) is 42.3 Å². The Morgan fingerprint density at radius 2 is 1.50 bits per heavy atom. The highest BCUT2D eigenvalue weighted by molar-refractivity contribution is 5.42. The van der Waals surface area contributed by atoms with Crippen LogP contribution < -0.4 is 10.6 Å². The molecule has 0 aliphatic carbocycles. The van der Waals surface area contributed by atoms with Crippen LogP contribution in [0.4, 0.5) is 5.69 Å². The minimum atomic E-state index is 0.924. The second-order valence-electron chi connectivity index (χ2n) is 6.00. The molecule has 0 atom stereocenters. The van der Waals surface area contributed by atoms with Crippen LogP contribution in [0.2, 0.25) is 0 Å². The molecule has 3 nitrogen and oxygen atoms in total. The minimum absolute atomic E-state index is 0.924. The standard InChI is InChI=1S/C21H25N3/c1-3-8-19(9-4-1)17-24-15-12-20(18-24)16-22-13-7-14-23-21-10-5-2-6-11-21/h1-6,8-12,15,18,22-23H,7,13-14,16-17H2. The highest BCUT2D eigenvalue weighted by atomic mass is 14.9. The average Bonchev–Trinajstić information content (AvgIpc) is 3.07. The number of aromatic nitrogens is 1. The molecule has 3 aromatic rings. The monoisotopic (exact) mass is 319 g/mol. The van der Waals surface area contributed by atoms with E-state index in [1.807, 2.05) is 6.07 Å². The molecule has 0 aliphatic heterocycles. The molecule has 0 bridgehead atoms. The fourth-order valence-corrected chi connectivity index (χ4v) is 2.72. The molecule has 0 unspecified atom stereocenters. The van der Waals surface area contributed by atoms with Crippen molar-refractivity contribution in [2.45, 2.75) is 19.5 Å². The number of hydrogen-bond acceptors (Lipinski definition) is 2. The summed E-state index contributed by atoms with van der Waals surface area (Å²) in [6, 6.07) is 23.1. The normalized spacial score (nSPS) is 10.7. The van der Waals surface area contributed by atoms with Gasteiger partial charge in [0.1, 0.15) is 0 Å². The van der Waals surface area contributed by atoms with Gasteiger partial charge in [0.15, 0.2) is 0 Å². The number of nitrogens with zero attached hydrogens (tertiary/aromatic N) is 1. The molecule has 0 aliphatic rings. The Balaban J connectivity index is 1.32. The summed E-state index contributed by atoms with van der Waals surface area (Å²) in [5.41, 5.74) is 3.86. The van der Waals surface area contributed by atoms with Gasteiger partial charge in [-0.1, -0.05) is 48.5 Å². The quantitative estimate of drug-likeness (QED) is 0.581. The molecule has 1 heterocycles. The van der Waals surface area contributed by atoms with E-state index in [1.165, 1.54) is 16.8 Å². The van der Waals surface area contributed by atoms with Gasteiger partial charge in [0.25, 0.3) is 0 Å². The van der Waals surface area contributed by atoms with E-state index in [2.05, 4.69) is 88.3 Å². The second kappa shape index (κ2) is 8.94. The number of hydrogen-bond donors (Lipinski definition) is 2. The fourth-order valence-electron chi connectivity index (χ4n) is 2.72. The molecule has 2 aromatic carbocycles. The Kier molecular flexibility index (Phi) is 6.09. The number of para-hydroxylation sites is 1. The molecule has 0 radical (unpaired) electrons. The summed E-state index contributed by atoms with van der Waals surface area (Å²) in [5.74, 6) is 0. The maximum atomic E-state index is 3.51. The SMILES string of the molecule is c1ccc(Cn2ccc(CNCCCNc3ccccc3)c2)cc1. The average molecular weight is 319 g/mol. The third-order valence-corrected chi connectivity index (χ3v) is 3.98. The van der Waals surface area contributed by atoms with Crippen molar-refractivity contribution in [2.24, 2.45) is 0 Å². The van der Waals surface area contributed by atoms with Gasteiger partial charge in [-0.25, -0.2) is 0 Å². The van der Waals surface area contributed by atoms with Crippen LogP contribution in [0.5, 0.6) is 0 Å². The maximum absolute atomic E-state index is 3.51. The van der Waals surface area contributed by atoms with Crippen LogP contribution in [0.15, 0.2) is 79.1 Å². The Hall–Kier alpha value is -2.52. The van der Waals surface area contributed by atoms with Gasteiger partial charge in [0, 0.05) is 37.7 Å². The fraction of sp³-hybridized carbons (Fsp3) is 0.238. The van der Waals surface area contributed by atoms with Crippen molar-refractivity contribution in [1.82, 2.24) is 9.88 Å². The molecule has 0 saturated heterocycles. The largest absolute Gasteiger partial charge is 0.385 e. The number of nitrogens with one attached hydrogen (secondary N) is 2. The van der Waals surface area contributed by atoms with E-state index >= 15 is 0 Å². The number of rotatable bonds is 9. The Labute approximate surface area is 144 Å². The molecular weight excluding hydrogens is 294 g/mol. The van der Waals surface area contributed by atoms with Crippen LogP contribution in [0.25, 0.3) is 0 Å². The third-order valence-electron chi connectivity index (χ3n) is 3.98. The van der Waals surface area contributed by atoms with Crippen molar-refractivity contribution >= 4 is 5.69 Å². The van der Waals surface area contributed by atoms with Crippen LogP contribution in [0.3, 0.4) is 0 Å². The van der Waals surface area contributed by atoms with E-state index < -0.39 is 0 Å². The lowest BCUT2D eigenvalue weighted by molar-refractivity contribution is 0.661. The van der Waals surface area contributed by atoms with Gasteiger partial charge in [0.05, 0.1) is 0 Å². The summed E-state index contributed by atoms with van der Waals surface area (Å²) >= 11 is 0. The molecule has 3 heteroatoms. The van der Waals surface area contributed by atoms with E-state index in [0.717, 1.165) is 32.6 Å². The molecule has 1 aromatic heterocycles. The lowest BCUT2D eigenvalue weighted by Crippen LogP contribution is -2.17. The molecule has 124 valence electrons. The summed E-state index contributed by atoms with van der Waals surface area (Å²) in [6.07, 6.45) is 5.49. The van der Waals surface area contributed by atoms with Crippen molar-refractivity contribution in [2.75, 3.05) is 18.4 Å². The predicted molar refractivity (Wildman–Crippen MR) is 101 cm³/mol. The summed E-state index contributed by atoms with van der Waals surface area (Å²) in [4.78, 5) is 0. The minimum Gasteiger partial charge on any atom is -0.385 e. The zero-order valence-corrected chi connectivity index (χ0v) is 14.0. The summed E-state index contributed by atoms with van der Waals surface area (Å²) < 4.78 is 2.24. The van der Waals surface area contributed by atoms with Crippen LogP contribution in [-0.4, -0.2) is 17.7 Å². The van der Waals surface area contributed by atoms with Crippen molar-refractivity contribution in [1.29, 1.82) is 0 Å². The van der Waals surface area contributed by atoms with Crippen molar-refractivity contribution < 1.29 is 0 Å². The van der Waals surface area contributed by atoms with Gasteiger partial charge in [-0.3, -0.25) is 0 Å². The molecule has 0 spiro atoms. The molecular formula is C21H25N3. The topological polar surface area (TPSA) is 29.0 Å². The first-order valence-electron chi connectivity index (χ1n) is 8.58. The molecule has 2 N–H and O–H groups in total. The molecule has 3 rings (SSSR count). The molecule has 0 fully saturated rings. The predicted octanol–water partition coefficient (Wildman–Crippen LogP) is 4.13. The zero-order chi connectivity index (χ0) is 16.5. The number of anilines is 1. The highest BCUT2D eigenvalue weighted by Crippen LogP contribution is 2.07. The number of benzene rings is 2. The van der Waals surface area contributed by atoms with Gasteiger partial charge in [0.2, 0.25) is 0 Å². The van der Waals surface area contributed by atoms with Gasteiger partial charge >= 0.3 is 0 Å². The lowest BCUT2D eigenvalue weighted by atomic mass is 10.2. The first-order chi connectivity index (χ1) is 11.9. The van der Waals surface area contributed by atoms with Crippen LogP contribution in [-0.2, 0) is 13.1 Å². The first kappa shape index (κ1) is 16.3. The third kappa shape index (κ3) is 5.28. The Bertz CT molecular complexity index is 704. The lowest BCUT2D eigenvalue weighted by Gasteiger charge is -2.07. The Morgan fingerprint density at radius 1 is 0.750 bits per heavy atom. The Morgan fingerprint density at radius 3 is 2.29 bits per heavy atom. The van der Waals surface area contributed by atoms with Gasteiger partial charge in [-0.15, -0.1) is 0 Å². The van der Waals surface area contributed by atoms with E-state index in [4.69, 9.17) is 0 Å². The maximum Gasteiger partial charge on any atom is 0.0470 e.